The third-order valence-corrected chi connectivity index (χ3v) is 3.11. The molecule has 0 aromatic heterocycles. The Hall–Kier alpha value is -2.64. The lowest BCUT2D eigenvalue weighted by Gasteiger charge is -2.15. The standard InChI is InChI=1S/C12H13N3O5/c1-14-11(16)6-9(12(14)17)13-8-4-3-7(15(18)19)5-10(8)20-2/h3-5,9,13H,6H2,1-2H3. The van der Waals surface area contributed by atoms with Crippen LogP contribution in [0.25, 0.3) is 0 Å². The molecule has 1 aromatic rings. The number of ether oxygens (including phenoxy) is 1. The number of likely N-dealkylation sites (N-methyl/N-ethyl adjacent to an activating group) is 1. The third-order valence-electron chi connectivity index (χ3n) is 3.11. The molecule has 0 bridgehead atoms. The predicted octanol–water partition coefficient (Wildman–Crippen LogP) is 0.773. The van der Waals surface area contributed by atoms with Crippen LogP contribution in [0.1, 0.15) is 6.42 Å². The van der Waals surface area contributed by atoms with Gasteiger partial charge in [-0.2, -0.15) is 0 Å². The zero-order valence-electron chi connectivity index (χ0n) is 11.0. The van der Waals surface area contributed by atoms with Gasteiger partial charge in [0.15, 0.2) is 0 Å². The van der Waals surface area contributed by atoms with Crippen molar-refractivity contribution in [3.8, 4) is 5.75 Å². The van der Waals surface area contributed by atoms with Crippen LogP contribution in [0.15, 0.2) is 18.2 Å². The summed E-state index contributed by atoms with van der Waals surface area (Å²) in [4.78, 5) is 34.4. The van der Waals surface area contributed by atoms with E-state index in [1.165, 1.54) is 32.4 Å². The zero-order chi connectivity index (χ0) is 14.9. The summed E-state index contributed by atoms with van der Waals surface area (Å²) in [6.45, 7) is 0. The monoisotopic (exact) mass is 279 g/mol. The van der Waals surface area contributed by atoms with Crippen molar-refractivity contribution in [2.45, 2.75) is 12.5 Å². The number of rotatable bonds is 4. The second-order valence-corrected chi connectivity index (χ2v) is 4.33. The highest BCUT2D eigenvalue weighted by atomic mass is 16.6. The molecular weight excluding hydrogens is 266 g/mol. The van der Waals surface area contributed by atoms with Gasteiger partial charge in [0.05, 0.1) is 30.2 Å². The lowest BCUT2D eigenvalue weighted by atomic mass is 10.2. The molecule has 1 aliphatic rings. The number of nitro groups is 1. The number of anilines is 1. The molecule has 8 heteroatoms. The minimum Gasteiger partial charge on any atom is -0.494 e. The highest BCUT2D eigenvalue weighted by molar-refractivity contribution is 6.06. The van der Waals surface area contributed by atoms with Crippen molar-refractivity contribution in [2.75, 3.05) is 19.5 Å². The highest BCUT2D eigenvalue weighted by Crippen LogP contribution is 2.30. The number of benzene rings is 1. The van der Waals surface area contributed by atoms with Crippen molar-refractivity contribution >= 4 is 23.2 Å². The molecule has 0 saturated carbocycles. The summed E-state index contributed by atoms with van der Waals surface area (Å²) in [6, 6.07) is 3.33. The number of non-ortho nitro benzene ring substituents is 1. The van der Waals surface area contributed by atoms with Crippen LogP contribution in [-0.2, 0) is 9.59 Å². The van der Waals surface area contributed by atoms with E-state index in [4.69, 9.17) is 4.74 Å². The molecule has 0 radical (unpaired) electrons. The van der Waals surface area contributed by atoms with Crippen LogP contribution in [0.5, 0.6) is 5.75 Å². The molecule has 1 atom stereocenters. The van der Waals surface area contributed by atoms with Crippen LogP contribution in [0.2, 0.25) is 0 Å². The van der Waals surface area contributed by atoms with Crippen LogP contribution in [0.4, 0.5) is 11.4 Å². The number of hydrogen-bond acceptors (Lipinski definition) is 6. The lowest BCUT2D eigenvalue weighted by molar-refractivity contribution is -0.384. The molecule has 2 amide bonds. The Morgan fingerprint density at radius 3 is 2.65 bits per heavy atom. The number of carbonyl (C=O) groups excluding carboxylic acids is 2. The molecule has 1 unspecified atom stereocenters. The van der Waals surface area contributed by atoms with Gasteiger partial charge in [0.1, 0.15) is 11.8 Å². The van der Waals surface area contributed by atoms with E-state index < -0.39 is 11.0 Å². The van der Waals surface area contributed by atoms with Gasteiger partial charge in [-0.15, -0.1) is 0 Å². The second-order valence-electron chi connectivity index (χ2n) is 4.33. The van der Waals surface area contributed by atoms with Crippen LogP contribution < -0.4 is 10.1 Å². The minimum atomic E-state index is -0.678. The Balaban J connectivity index is 2.24. The molecule has 1 aromatic carbocycles. The molecule has 1 aliphatic heterocycles. The van der Waals surface area contributed by atoms with E-state index in [-0.39, 0.29) is 29.7 Å². The van der Waals surface area contributed by atoms with E-state index >= 15 is 0 Å². The summed E-state index contributed by atoms with van der Waals surface area (Å²) in [5.41, 5.74) is 0.317. The number of likely N-dealkylation sites (tertiary alicyclic amines) is 1. The van der Waals surface area contributed by atoms with Gasteiger partial charge in [-0.25, -0.2) is 0 Å². The second kappa shape index (κ2) is 5.16. The number of nitro benzene ring substituents is 1. The SMILES string of the molecule is COc1cc([N+](=O)[O-])ccc1NC1CC(=O)N(C)C1=O. The Morgan fingerprint density at radius 2 is 2.15 bits per heavy atom. The summed E-state index contributed by atoms with van der Waals surface area (Å²) in [5.74, 6) is -0.363. The van der Waals surface area contributed by atoms with Crippen molar-refractivity contribution in [2.24, 2.45) is 0 Å². The van der Waals surface area contributed by atoms with E-state index in [0.29, 0.717) is 5.69 Å². The molecular formula is C12H13N3O5. The van der Waals surface area contributed by atoms with E-state index in [0.717, 1.165) is 4.90 Å². The van der Waals surface area contributed by atoms with Gasteiger partial charge in [-0.05, 0) is 6.07 Å². The largest absolute Gasteiger partial charge is 0.494 e. The first kappa shape index (κ1) is 13.8. The molecule has 20 heavy (non-hydrogen) atoms. The van der Waals surface area contributed by atoms with Crippen LogP contribution in [0, 0.1) is 10.1 Å². The highest BCUT2D eigenvalue weighted by Gasteiger charge is 2.36. The number of carbonyl (C=O) groups is 2. The number of amides is 2. The average Bonchev–Trinajstić information content (AvgIpc) is 2.66. The van der Waals surface area contributed by atoms with Crippen molar-refractivity contribution in [3.63, 3.8) is 0 Å². The Labute approximate surface area is 114 Å². The normalized spacial score (nSPS) is 18.3. The van der Waals surface area contributed by atoms with Crippen molar-refractivity contribution < 1.29 is 19.2 Å². The quantitative estimate of drug-likeness (QED) is 0.496. The van der Waals surface area contributed by atoms with Crippen LogP contribution in [-0.4, -0.2) is 41.8 Å². The maximum atomic E-state index is 11.8. The number of methoxy groups -OCH3 is 1. The molecule has 1 N–H and O–H groups in total. The summed E-state index contributed by atoms with van der Waals surface area (Å²) < 4.78 is 5.06. The van der Waals surface area contributed by atoms with Gasteiger partial charge in [0, 0.05) is 13.1 Å². The van der Waals surface area contributed by atoms with Gasteiger partial charge < -0.3 is 10.1 Å². The van der Waals surface area contributed by atoms with Gasteiger partial charge in [-0.1, -0.05) is 0 Å². The van der Waals surface area contributed by atoms with E-state index in [1.54, 1.807) is 0 Å². The molecule has 0 spiro atoms. The topological polar surface area (TPSA) is 102 Å². The third kappa shape index (κ3) is 2.40. The van der Waals surface area contributed by atoms with Crippen LogP contribution >= 0.6 is 0 Å². The maximum Gasteiger partial charge on any atom is 0.273 e. The summed E-state index contributed by atoms with van der Waals surface area (Å²) >= 11 is 0. The molecule has 0 aliphatic carbocycles. The van der Waals surface area contributed by atoms with Gasteiger partial charge >= 0.3 is 0 Å². The summed E-state index contributed by atoms with van der Waals surface area (Å²) in [6.07, 6.45) is 0.0511. The van der Waals surface area contributed by atoms with Gasteiger partial charge in [0.25, 0.3) is 11.6 Å². The first-order valence-corrected chi connectivity index (χ1v) is 5.83. The zero-order valence-corrected chi connectivity index (χ0v) is 11.0. The predicted molar refractivity (Wildman–Crippen MR) is 69.5 cm³/mol. The maximum absolute atomic E-state index is 11.8. The summed E-state index contributed by atoms with van der Waals surface area (Å²) in [7, 11) is 2.79. The Morgan fingerprint density at radius 1 is 1.45 bits per heavy atom. The first-order chi connectivity index (χ1) is 9.43. The number of nitrogens with one attached hydrogen (secondary N) is 1. The van der Waals surface area contributed by atoms with Gasteiger partial charge in [0.2, 0.25) is 5.91 Å². The van der Waals surface area contributed by atoms with E-state index in [9.17, 15) is 19.7 Å². The van der Waals surface area contributed by atoms with Gasteiger partial charge in [-0.3, -0.25) is 24.6 Å². The molecule has 1 fully saturated rings. The van der Waals surface area contributed by atoms with Crippen LogP contribution in [0.3, 0.4) is 0 Å². The summed E-state index contributed by atoms with van der Waals surface area (Å²) in [5, 5.41) is 13.6. The fourth-order valence-corrected chi connectivity index (χ4v) is 1.97. The van der Waals surface area contributed by atoms with E-state index in [1.807, 2.05) is 0 Å². The average molecular weight is 279 g/mol. The minimum absolute atomic E-state index is 0.0511. The molecule has 8 nitrogen and oxygen atoms in total. The van der Waals surface area contributed by atoms with Crippen molar-refractivity contribution in [1.29, 1.82) is 0 Å². The van der Waals surface area contributed by atoms with Crippen molar-refractivity contribution in [1.82, 2.24) is 4.90 Å². The Kier molecular flexibility index (Phi) is 3.55. The number of nitrogens with zero attached hydrogens (tertiary/aromatic N) is 2. The molecule has 1 heterocycles. The number of imide groups is 1. The van der Waals surface area contributed by atoms with E-state index in [2.05, 4.69) is 5.32 Å². The lowest BCUT2D eigenvalue weighted by Crippen LogP contribution is -2.31. The van der Waals surface area contributed by atoms with Crippen molar-refractivity contribution in [3.05, 3.63) is 28.3 Å². The Bertz CT molecular complexity index is 586. The molecule has 1 saturated heterocycles. The first-order valence-electron chi connectivity index (χ1n) is 5.83. The fraction of sp³-hybridized carbons (Fsp3) is 0.333. The number of hydrogen-bond donors (Lipinski definition) is 1. The molecule has 106 valence electrons. The fourth-order valence-electron chi connectivity index (χ4n) is 1.97. The smallest absolute Gasteiger partial charge is 0.273 e. The molecule has 2 rings (SSSR count).